The van der Waals surface area contributed by atoms with Gasteiger partial charge in [-0.05, 0) is 157 Å². The molecule has 60 heavy (non-hydrogen) atoms. The number of hydrogen-bond acceptors (Lipinski definition) is 20. The lowest BCUT2D eigenvalue weighted by molar-refractivity contribution is 0.0665. The molecule has 0 atom stereocenters. The first-order chi connectivity index (χ1) is 26.1. The van der Waals surface area contributed by atoms with E-state index in [1.54, 1.807) is 157 Å². The molecule has 0 spiro atoms. The van der Waals surface area contributed by atoms with Gasteiger partial charge in [0.2, 0.25) is 0 Å². The van der Waals surface area contributed by atoms with Crippen LogP contribution in [0.2, 0.25) is 157 Å². The Morgan fingerprint density at radius 3 is 0.383 bits per heavy atom. The molecule has 1 aliphatic rings. The summed E-state index contributed by atoms with van der Waals surface area (Å²) in [7, 11) is -58.3. The van der Waals surface area contributed by atoms with Gasteiger partial charge in [0.25, 0.3) is 0 Å². The molecule has 1 aliphatic heterocycles. The zero-order valence-corrected chi connectivity index (χ0v) is 56.2. The second-order valence-electron chi connectivity index (χ2n) is 21.5. The molecule has 0 aliphatic carbocycles. The van der Waals surface area contributed by atoms with E-state index < -0.39 is 139 Å². The number of rotatable bonds is 16. The van der Waals surface area contributed by atoms with Crippen molar-refractivity contribution in [3.05, 3.63) is 0 Å². The van der Waals surface area contributed by atoms with Crippen LogP contribution in [0.4, 0.5) is 0 Å². The van der Waals surface area contributed by atoms with E-state index in [1.807, 2.05) is 0 Å². The fraction of sp³-hybridized carbons (Fsp3) is 1.00. The molecular formula is C24H72O20Si16. The lowest BCUT2D eigenvalue weighted by Gasteiger charge is -2.40. The molecule has 352 valence electrons. The Kier molecular flexibility index (Phi) is 19.9. The summed E-state index contributed by atoms with van der Waals surface area (Å²) in [6.45, 7) is 43.0. The van der Waals surface area contributed by atoms with Gasteiger partial charge < -0.3 is 65.8 Å². The topological polar surface area (TPSA) is 216 Å². The Balaban J connectivity index is 4.54. The van der Waals surface area contributed by atoms with Gasteiger partial charge in [-0.3, -0.25) is 17.8 Å². The minimum Gasteiger partial charge on any atom is -0.481 e. The predicted molar refractivity (Wildman–Crippen MR) is 253 cm³/mol. The Labute approximate surface area is 377 Å². The summed E-state index contributed by atoms with van der Waals surface area (Å²) in [5.74, 6) is 0. The van der Waals surface area contributed by atoms with Gasteiger partial charge in [0.05, 0.1) is 0 Å². The smallest absolute Gasteiger partial charge is 0.481 e. The van der Waals surface area contributed by atoms with Gasteiger partial charge in [0.1, 0.15) is 0 Å². The molecular weight excluding hydrogens is 1060 g/mol. The van der Waals surface area contributed by atoms with Crippen LogP contribution >= 0.6 is 0 Å². The Morgan fingerprint density at radius 2 is 0.317 bits per heavy atom. The van der Waals surface area contributed by atoms with Crippen LogP contribution in [0.5, 0.6) is 0 Å². The first-order valence-corrected chi connectivity index (χ1v) is 58.0. The molecule has 0 aromatic rings. The van der Waals surface area contributed by atoms with Crippen LogP contribution in [-0.2, 0) is 83.7 Å². The van der Waals surface area contributed by atoms with E-state index in [4.69, 9.17) is 65.8 Å². The van der Waals surface area contributed by atoms with Gasteiger partial charge in [-0.1, -0.05) is 0 Å². The summed E-state index contributed by atoms with van der Waals surface area (Å²) in [6, 6.07) is 0. The summed E-state index contributed by atoms with van der Waals surface area (Å²) >= 11 is 0. The van der Waals surface area contributed by atoms with E-state index in [1.165, 1.54) is 0 Å². The van der Waals surface area contributed by atoms with E-state index in [0.29, 0.717) is 0 Å². The van der Waals surface area contributed by atoms with Crippen LogP contribution in [0.15, 0.2) is 0 Å². The average molecular weight is 1130 g/mol. The molecule has 0 unspecified atom stereocenters. The van der Waals surface area contributed by atoms with Gasteiger partial charge in [-0.15, -0.1) is 0 Å². The molecule has 20 nitrogen and oxygen atoms in total. The SMILES string of the molecule is C[Si](C)(C)O[Si]1(O[Si](C)(C)C)O[Si](=O)O[Si](O[Si](C)(C)C)(O[Si](C)(C)C)O[Si](=O)O[Si](O[Si](C)(C)C)(O[Si](C)(C)C)O[Si](=O)O[Si](O[Si](C)(C)C)(O[Si](C)(C)C)O[Si](=O)O1. The summed E-state index contributed by atoms with van der Waals surface area (Å²) in [5, 5.41) is 0. The molecule has 0 aromatic heterocycles. The van der Waals surface area contributed by atoms with Crippen molar-refractivity contribution in [3.8, 4) is 0 Å². The van der Waals surface area contributed by atoms with Gasteiger partial charge >= 0.3 is 72.9 Å². The minimum absolute atomic E-state index is 1.79. The Hall–Kier alpha value is 0.750. The third kappa shape index (κ3) is 24.9. The van der Waals surface area contributed by atoms with E-state index >= 15 is 0 Å². The minimum atomic E-state index is -4.91. The quantitative estimate of drug-likeness (QED) is 0.154. The fourth-order valence-electron chi connectivity index (χ4n) is 4.40. The largest absolute Gasteiger partial charge is 0.778 e. The van der Waals surface area contributed by atoms with Crippen molar-refractivity contribution in [3.63, 3.8) is 0 Å². The summed E-state index contributed by atoms with van der Waals surface area (Å²) in [5.41, 5.74) is 0. The molecule has 1 fully saturated rings. The monoisotopic (exact) mass is 1130 g/mol. The second-order valence-corrected chi connectivity index (χ2v) is 74.4. The highest BCUT2D eigenvalue weighted by Gasteiger charge is 2.69. The number of hydrogen-bond donors (Lipinski definition) is 0. The van der Waals surface area contributed by atoms with Crippen molar-refractivity contribution in [2.24, 2.45) is 0 Å². The van der Waals surface area contributed by atoms with Crippen molar-refractivity contribution in [2.75, 3.05) is 0 Å². The van der Waals surface area contributed by atoms with Gasteiger partial charge in [0, 0.05) is 0 Å². The molecule has 1 saturated heterocycles. The van der Waals surface area contributed by atoms with Crippen molar-refractivity contribution < 1.29 is 83.7 Å². The van der Waals surface area contributed by atoms with Crippen LogP contribution in [0.25, 0.3) is 0 Å². The average Bonchev–Trinajstić information content (AvgIpc) is 2.77. The normalized spacial score (nSPS) is 20.3. The van der Waals surface area contributed by atoms with E-state index in [9.17, 15) is 17.8 Å². The molecule has 0 aromatic carbocycles. The first kappa shape index (κ1) is 58.8. The van der Waals surface area contributed by atoms with Crippen molar-refractivity contribution >= 4 is 139 Å². The van der Waals surface area contributed by atoms with Crippen molar-refractivity contribution in [1.29, 1.82) is 0 Å². The third-order valence-corrected chi connectivity index (χ3v) is 46.0. The lowest BCUT2D eigenvalue weighted by Crippen LogP contribution is -2.68. The van der Waals surface area contributed by atoms with E-state index in [0.717, 1.165) is 0 Å². The molecule has 0 amide bonds. The van der Waals surface area contributed by atoms with Crippen molar-refractivity contribution in [1.82, 2.24) is 0 Å². The summed E-state index contributed by atoms with van der Waals surface area (Å²) in [4.78, 5) is 0. The van der Waals surface area contributed by atoms with Gasteiger partial charge in [0.15, 0.2) is 66.5 Å². The Bertz CT molecular complexity index is 1190. The Morgan fingerprint density at radius 1 is 0.233 bits per heavy atom. The van der Waals surface area contributed by atoms with Crippen molar-refractivity contribution in [2.45, 2.75) is 157 Å². The maximum Gasteiger partial charge on any atom is 0.778 e. The zero-order chi connectivity index (χ0) is 47.6. The molecule has 0 saturated carbocycles. The highest BCUT2D eigenvalue weighted by atomic mass is 28.6. The first-order valence-electron chi connectivity index (χ1n) is 19.3. The third-order valence-electron chi connectivity index (χ3n) is 5.12. The highest BCUT2D eigenvalue weighted by Crippen LogP contribution is 2.32. The van der Waals surface area contributed by atoms with E-state index in [-0.39, 0.29) is 0 Å². The van der Waals surface area contributed by atoms with Crippen LogP contribution in [0, 0.1) is 0 Å². The maximum absolute atomic E-state index is 14.6. The zero-order valence-electron chi connectivity index (χ0n) is 40.2. The second kappa shape index (κ2) is 20.3. The summed E-state index contributed by atoms with van der Waals surface area (Å²) in [6.07, 6.45) is 0. The van der Waals surface area contributed by atoms with Crippen LogP contribution < -0.4 is 0 Å². The molecule has 0 bridgehead atoms. The molecule has 0 N–H and O–H groups in total. The van der Waals surface area contributed by atoms with Crippen LogP contribution in [-0.4, -0.2) is 139 Å². The predicted octanol–water partition coefficient (Wildman–Crippen LogP) is 6.35. The van der Waals surface area contributed by atoms with Gasteiger partial charge in [-0.2, -0.15) is 0 Å². The molecule has 36 heteroatoms. The molecule has 0 radical (unpaired) electrons. The highest BCUT2D eigenvalue weighted by molar-refractivity contribution is 6.91. The molecule has 1 rings (SSSR count). The van der Waals surface area contributed by atoms with Gasteiger partial charge in [-0.25, -0.2) is 0 Å². The lowest BCUT2D eigenvalue weighted by atomic mass is 11.8. The fourth-order valence-corrected chi connectivity index (χ4v) is 50.1. The maximum atomic E-state index is 14.6. The van der Waals surface area contributed by atoms with Crippen LogP contribution in [0.1, 0.15) is 0 Å². The summed E-state index contributed by atoms with van der Waals surface area (Å²) < 4.78 is 159. The molecule has 1 heterocycles. The standard InChI is InChI=1S/C24H72O20Si16/c1-49(2,3)37-57(38-50(4,5)6)29-45(25)31-58(39-51(7,8)9,40-52(10,11)12)33-47(27)35-60(43-55(19,20)21,44-56(22,23)24)36-48(28)34-59(32-46(26)30-57,41-53(13,14)15)42-54(16,17)18/h1-24H3. The van der Waals surface area contributed by atoms with E-state index in [2.05, 4.69) is 0 Å². The van der Waals surface area contributed by atoms with Crippen LogP contribution in [0.3, 0.4) is 0 Å².